The van der Waals surface area contributed by atoms with E-state index in [1.165, 1.54) is 0 Å². The summed E-state index contributed by atoms with van der Waals surface area (Å²) in [6, 6.07) is 0.105. The molecule has 0 atom stereocenters. The molecular formula is C14H26N4O2S. The van der Waals surface area contributed by atoms with Crippen LogP contribution in [0.5, 0.6) is 0 Å². The average molecular weight is 314 g/mol. The Morgan fingerprint density at radius 1 is 1.43 bits per heavy atom. The van der Waals surface area contributed by atoms with Crippen LogP contribution in [0.1, 0.15) is 44.9 Å². The van der Waals surface area contributed by atoms with E-state index in [9.17, 15) is 8.42 Å². The van der Waals surface area contributed by atoms with Crippen molar-refractivity contribution in [3.63, 3.8) is 0 Å². The molecule has 0 bridgehead atoms. The van der Waals surface area contributed by atoms with Crippen molar-refractivity contribution in [2.24, 2.45) is 5.73 Å². The fourth-order valence-corrected chi connectivity index (χ4v) is 4.70. The van der Waals surface area contributed by atoms with E-state index in [1.54, 1.807) is 10.5 Å². The first kappa shape index (κ1) is 16.5. The van der Waals surface area contributed by atoms with E-state index in [4.69, 9.17) is 5.73 Å². The van der Waals surface area contributed by atoms with Gasteiger partial charge in [0.25, 0.3) is 10.0 Å². The number of hydrogen-bond donors (Lipinski definition) is 1. The molecule has 1 aliphatic rings. The number of nitrogens with zero attached hydrogens (tertiary/aromatic N) is 3. The molecule has 21 heavy (non-hydrogen) atoms. The van der Waals surface area contributed by atoms with Crippen LogP contribution in [0.25, 0.3) is 0 Å². The highest BCUT2D eigenvalue weighted by Gasteiger charge is 2.34. The Balaban J connectivity index is 2.30. The lowest BCUT2D eigenvalue weighted by Crippen LogP contribution is -2.40. The van der Waals surface area contributed by atoms with E-state index < -0.39 is 10.0 Å². The molecule has 0 saturated heterocycles. The Hall–Kier alpha value is -0.920. The Bertz CT molecular complexity index is 562. The molecule has 2 rings (SSSR count). The lowest BCUT2D eigenvalue weighted by molar-refractivity contribution is 0.319. The molecule has 120 valence electrons. The van der Waals surface area contributed by atoms with Gasteiger partial charge in [0.2, 0.25) is 0 Å². The SMILES string of the molecule is CCn1cc(S(=O)(=O)N(CCCN)C2CCCC2)nc1C. The zero-order valence-electron chi connectivity index (χ0n) is 13.0. The van der Waals surface area contributed by atoms with Crippen molar-refractivity contribution in [3.05, 3.63) is 12.0 Å². The van der Waals surface area contributed by atoms with Crippen LogP contribution < -0.4 is 5.73 Å². The normalized spacial score (nSPS) is 17.0. The van der Waals surface area contributed by atoms with E-state index in [0.717, 1.165) is 38.1 Å². The number of aryl methyl sites for hydroxylation is 2. The van der Waals surface area contributed by atoms with Crippen LogP contribution in [-0.2, 0) is 16.6 Å². The summed E-state index contributed by atoms with van der Waals surface area (Å²) in [5, 5.41) is 0.172. The molecular weight excluding hydrogens is 288 g/mol. The molecule has 0 aromatic carbocycles. The highest BCUT2D eigenvalue weighted by Crippen LogP contribution is 2.28. The van der Waals surface area contributed by atoms with Gasteiger partial charge in [-0.1, -0.05) is 12.8 Å². The van der Waals surface area contributed by atoms with Crippen LogP contribution >= 0.6 is 0 Å². The second-order valence-corrected chi connectivity index (χ2v) is 7.45. The second-order valence-electron chi connectivity index (χ2n) is 5.61. The molecule has 2 N–H and O–H groups in total. The zero-order chi connectivity index (χ0) is 15.5. The van der Waals surface area contributed by atoms with Gasteiger partial charge in [0.05, 0.1) is 0 Å². The molecule has 7 heteroatoms. The highest BCUT2D eigenvalue weighted by atomic mass is 32.2. The van der Waals surface area contributed by atoms with Gasteiger partial charge in [0.15, 0.2) is 5.03 Å². The van der Waals surface area contributed by atoms with Crippen molar-refractivity contribution >= 4 is 10.0 Å². The minimum atomic E-state index is -3.52. The first-order valence-electron chi connectivity index (χ1n) is 7.76. The minimum Gasteiger partial charge on any atom is -0.334 e. The number of hydrogen-bond acceptors (Lipinski definition) is 4. The monoisotopic (exact) mass is 314 g/mol. The third-order valence-electron chi connectivity index (χ3n) is 4.18. The molecule has 1 fully saturated rings. The number of nitrogens with two attached hydrogens (primary N) is 1. The van der Waals surface area contributed by atoms with Gasteiger partial charge in [0.1, 0.15) is 5.82 Å². The maximum Gasteiger partial charge on any atom is 0.262 e. The van der Waals surface area contributed by atoms with Gasteiger partial charge in [-0.15, -0.1) is 0 Å². The van der Waals surface area contributed by atoms with E-state index in [2.05, 4.69) is 4.98 Å². The Labute approximate surface area is 127 Å². The lowest BCUT2D eigenvalue weighted by Gasteiger charge is -2.27. The van der Waals surface area contributed by atoms with Gasteiger partial charge in [0, 0.05) is 25.3 Å². The first-order chi connectivity index (χ1) is 10.0. The standard InChI is InChI=1S/C14H26N4O2S/c1-3-17-11-14(16-12(17)2)21(19,20)18(10-6-9-15)13-7-4-5-8-13/h11,13H,3-10,15H2,1-2H3. The zero-order valence-corrected chi connectivity index (χ0v) is 13.8. The van der Waals surface area contributed by atoms with Gasteiger partial charge in [-0.3, -0.25) is 0 Å². The largest absolute Gasteiger partial charge is 0.334 e. The molecule has 0 spiro atoms. The molecule has 0 radical (unpaired) electrons. The Morgan fingerprint density at radius 3 is 2.62 bits per heavy atom. The summed E-state index contributed by atoms with van der Waals surface area (Å²) in [4.78, 5) is 4.26. The molecule has 1 saturated carbocycles. The summed E-state index contributed by atoms with van der Waals surface area (Å²) >= 11 is 0. The third-order valence-corrected chi connectivity index (χ3v) is 6.01. The van der Waals surface area contributed by atoms with Crippen LogP contribution in [0.3, 0.4) is 0 Å². The Kier molecular flexibility index (Phi) is 5.40. The molecule has 0 aliphatic heterocycles. The molecule has 0 unspecified atom stereocenters. The quantitative estimate of drug-likeness (QED) is 0.827. The summed E-state index contributed by atoms with van der Waals surface area (Å²) in [5.74, 6) is 0.737. The van der Waals surface area contributed by atoms with Crippen molar-refractivity contribution < 1.29 is 8.42 Å². The number of rotatable bonds is 7. The van der Waals surface area contributed by atoms with Crippen molar-refractivity contribution in [2.45, 2.75) is 63.6 Å². The minimum absolute atomic E-state index is 0.105. The van der Waals surface area contributed by atoms with Gasteiger partial charge < -0.3 is 10.3 Å². The van der Waals surface area contributed by atoms with Crippen LogP contribution in [-0.4, -0.2) is 41.4 Å². The summed E-state index contributed by atoms with van der Waals surface area (Å²) in [5.41, 5.74) is 5.57. The van der Waals surface area contributed by atoms with Gasteiger partial charge in [-0.25, -0.2) is 13.4 Å². The number of aromatic nitrogens is 2. The van der Waals surface area contributed by atoms with E-state index in [1.807, 2.05) is 18.4 Å². The van der Waals surface area contributed by atoms with Crippen LogP contribution in [0.4, 0.5) is 0 Å². The maximum absolute atomic E-state index is 12.9. The van der Waals surface area contributed by atoms with Crippen molar-refractivity contribution in [2.75, 3.05) is 13.1 Å². The number of sulfonamides is 1. The fraction of sp³-hybridized carbons (Fsp3) is 0.786. The molecule has 1 heterocycles. The predicted octanol–water partition coefficient (Wildman–Crippen LogP) is 1.49. The van der Waals surface area contributed by atoms with Gasteiger partial charge in [-0.2, -0.15) is 4.31 Å². The predicted molar refractivity (Wildman–Crippen MR) is 82.5 cm³/mol. The van der Waals surface area contributed by atoms with Crippen LogP contribution in [0.2, 0.25) is 0 Å². The smallest absolute Gasteiger partial charge is 0.262 e. The summed E-state index contributed by atoms with van der Waals surface area (Å²) in [6.45, 7) is 5.53. The summed E-state index contributed by atoms with van der Waals surface area (Å²) < 4.78 is 29.3. The van der Waals surface area contributed by atoms with E-state index in [0.29, 0.717) is 19.5 Å². The van der Waals surface area contributed by atoms with Crippen molar-refractivity contribution in [3.8, 4) is 0 Å². The Morgan fingerprint density at radius 2 is 2.10 bits per heavy atom. The van der Waals surface area contributed by atoms with Gasteiger partial charge >= 0.3 is 0 Å². The third kappa shape index (κ3) is 3.46. The highest BCUT2D eigenvalue weighted by molar-refractivity contribution is 7.89. The number of imidazole rings is 1. The lowest BCUT2D eigenvalue weighted by atomic mass is 10.2. The molecule has 1 aromatic heterocycles. The van der Waals surface area contributed by atoms with Crippen molar-refractivity contribution in [1.29, 1.82) is 0 Å². The molecule has 1 aliphatic carbocycles. The van der Waals surface area contributed by atoms with E-state index in [-0.39, 0.29) is 11.1 Å². The topological polar surface area (TPSA) is 81.2 Å². The van der Waals surface area contributed by atoms with Crippen molar-refractivity contribution in [1.82, 2.24) is 13.9 Å². The molecule has 0 amide bonds. The summed E-state index contributed by atoms with van der Waals surface area (Å²) in [6.07, 6.45) is 6.41. The van der Waals surface area contributed by atoms with Gasteiger partial charge in [-0.05, 0) is 39.7 Å². The average Bonchev–Trinajstić information content (AvgIpc) is 3.08. The summed E-state index contributed by atoms with van der Waals surface area (Å²) in [7, 11) is -3.52. The fourth-order valence-electron chi connectivity index (χ4n) is 2.98. The maximum atomic E-state index is 12.9. The molecule has 6 nitrogen and oxygen atoms in total. The molecule has 1 aromatic rings. The van der Waals surface area contributed by atoms with E-state index >= 15 is 0 Å². The first-order valence-corrected chi connectivity index (χ1v) is 9.20. The van der Waals surface area contributed by atoms with Crippen LogP contribution in [0, 0.1) is 6.92 Å². The van der Waals surface area contributed by atoms with Crippen LogP contribution in [0.15, 0.2) is 11.2 Å². The second kappa shape index (κ2) is 6.89.